The lowest BCUT2D eigenvalue weighted by Gasteiger charge is -2.22. The summed E-state index contributed by atoms with van der Waals surface area (Å²) in [5.41, 5.74) is 2.91. The number of hydrogen-bond donors (Lipinski definition) is 1. The Morgan fingerprint density at radius 1 is 0.852 bits per heavy atom. The first kappa shape index (κ1) is 17.5. The molecule has 1 fully saturated rings. The van der Waals surface area contributed by atoms with Crippen LogP contribution in [0.4, 0.5) is 4.39 Å². The van der Waals surface area contributed by atoms with Gasteiger partial charge < -0.3 is 5.32 Å². The van der Waals surface area contributed by atoms with E-state index in [1.54, 1.807) is 12.1 Å². The van der Waals surface area contributed by atoms with Crippen LogP contribution in [-0.2, 0) is 10.3 Å². The summed E-state index contributed by atoms with van der Waals surface area (Å²) >= 11 is 0. The zero-order valence-corrected chi connectivity index (χ0v) is 15.1. The first-order chi connectivity index (χ1) is 13.2. The van der Waals surface area contributed by atoms with E-state index >= 15 is 0 Å². The minimum absolute atomic E-state index is 0.0106. The molecule has 1 aliphatic rings. The molecule has 0 aromatic heterocycles. The molecule has 1 N–H and O–H groups in total. The van der Waals surface area contributed by atoms with Gasteiger partial charge in [0, 0.05) is 12.3 Å². The van der Waals surface area contributed by atoms with Crippen molar-refractivity contribution in [3.8, 4) is 0 Å². The molecule has 0 spiro atoms. The molecule has 0 heterocycles. The molecule has 27 heavy (non-hydrogen) atoms. The van der Waals surface area contributed by atoms with Gasteiger partial charge in [-0.05, 0) is 41.7 Å². The van der Waals surface area contributed by atoms with Crippen molar-refractivity contribution in [2.45, 2.75) is 30.7 Å². The quantitative estimate of drug-likeness (QED) is 0.648. The zero-order chi connectivity index (χ0) is 18.7. The zero-order valence-electron chi connectivity index (χ0n) is 15.1. The third-order valence-electron chi connectivity index (χ3n) is 5.32. The van der Waals surface area contributed by atoms with Crippen LogP contribution in [0.25, 0.3) is 0 Å². The van der Waals surface area contributed by atoms with Crippen molar-refractivity contribution < 1.29 is 9.18 Å². The maximum atomic E-state index is 13.2. The molecule has 136 valence electrons. The summed E-state index contributed by atoms with van der Waals surface area (Å²) in [5.74, 6) is -0.222. The van der Waals surface area contributed by atoms with E-state index in [0.29, 0.717) is 6.42 Å². The second-order valence-corrected chi connectivity index (χ2v) is 7.22. The highest BCUT2D eigenvalue weighted by molar-refractivity contribution is 5.79. The fraction of sp³-hybridized carbons (Fsp3) is 0.208. The third-order valence-corrected chi connectivity index (χ3v) is 5.32. The van der Waals surface area contributed by atoms with Gasteiger partial charge in [-0.25, -0.2) is 4.39 Å². The number of hydrogen-bond acceptors (Lipinski definition) is 1. The van der Waals surface area contributed by atoms with Gasteiger partial charge in [0.1, 0.15) is 5.82 Å². The second kappa shape index (κ2) is 7.36. The number of halogens is 1. The SMILES string of the molecule is O=C(CC(c1ccccc1)c1ccccc1)NC1(c2ccc(F)cc2)CC1. The fourth-order valence-corrected chi connectivity index (χ4v) is 3.68. The van der Waals surface area contributed by atoms with E-state index in [1.165, 1.54) is 12.1 Å². The normalized spacial score (nSPS) is 14.7. The number of nitrogens with one attached hydrogen (secondary N) is 1. The van der Waals surface area contributed by atoms with Gasteiger partial charge in [0.25, 0.3) is 0 Å². The Labute approximate surface area is 159 Å². The summed E-state index contributed by atoms with van der Waals surface area (Å²) < 4.78 is 13.2. The number of carbonyl (C=O) groups excluding carboxylic acids is 1. The van der Waals surface area contributed by atoms with Crippen LogP contribution < -0.4 is 5.32 Å². The topological polar surface area (TPSA) is 29.1 Å². The first-order valence-corrected chi connectivity index (χ1v) is 9.33. The van der Waals surface area contributed by atoms with Crippen molar-refractivity contribution in [2.24, 2.45) is 0 Å². The molecule has 0 atom stereocenters. The minimum Gasteiger partial charge on any atom is -0.347 e. The average Bonchev–Trinajstić information content (AvgIpc) is 3.48. The van der Waals surface area contributed by atoms with E-state index in [0.717, 1.165) is 29.5 Å². The summed E-state index contributed by atoms with van der Waals surface area (Å²) in [6.45, 7) is 0. The van der Waals surface area contributed by atoms with E-state index in [-0.39, 0.29) is 23.2 Å². The van der Waals surface area contributed by atoms with Crippen molar-refractivity contribution in [3.05, 3.63) is 107 Å². The number of amides is 1. The van der Waals surface area contributed by atoms with Gasteiger partial charge in [-0.3, -0.25) is 4.79 Å². The highest BCUT2D eigenvalue weighted by Gasteiger charge is 2.45. The van der Waals surface area contributed by atoms with Crippen LogP contribution in [0.2, 0.25) is 0 Å². The van der Waals surface area contributed by atoms with Crippen LogP contribution in [-0.4, -0.2) is 5.91 Å². The molecule has 2 nitrogen and oxygen atoms in total. The van der Waals surface area contributed by atoms with Crippen molar-refractivity contribution >= 4 is 5.91 Å². The Hall–Kier alpha value is -2.94. The van der Waals surface area contributed by atoms with Gasteiger partial charge >= 0.3 is 0 Å². The molecule has 0 aliphatic heterocycles. The number of carbonyl (C=O) groups is 1. The lowest BCUT2D eigenvalue weighted by atomic mass is 9.88. The average molecular weight is 359 g/mol. The summed E-state index contributed by atoms with van der Waals surface area (Å²) in [7, 11) is 0. The predicted octanol–water partition coefficient (Wildman–Crippen LogP) is 5.15. The third kappa shape index (κ3) is 3.92. The lowest BCUT2D eigenvalue weighted by Crippen LogP contribution is -2.35. The molecule has 1 saturated carbocycles. The van der Waals surface area contributed by atoms with Crippen LogP contribution in [0.1, 0.15) is 41.9 Å². The Balaban J connectivity index is 1.53. The molecule has 0 unspecified atom stereocenters. The van der Waals surface area contributed by atoms with E-state index in [1.807, 2.05) is 36.4 Å². The maximum absolute atomic E-state index is 13.2. The molecule has 0 saturated heterocycles. The molecule has 4 rings (SSSR count). The fourth-order valence-electron chi connectivity index (χ4n) is 3.68. The molecular weight excluding hydrogens is 337 g/mol. The van der Waals surface area contributed by atoms with Crippen molar-refractivity contribution in [3.63, 3.8) is 0 Å². The van der Waals surface area contributed by atoms with Gasteiger partial charge in [0.05, 0.1) is 5.54 Å². The maximum Gasteiger partial charge on any atom is 0.221 e. The van der Waals surface area contributed by atoms with E-state index in [4.69, 9.17) is 0 Å². The molecule has 3 aromatic carbocycles. The van der Waals surface area contributed by atoms with Gasteiger partial charge in [-0.2, -0.15) is 0 Å². The van der Waals surface area contributed by atoms with Gasteiger partial charge in [0.2, 0.25) is 5.91 Å². The molecule has 3 heteroatoms. The molecule has 0 radical (unpaired) electrons. The lowest BCUT2D eigenvalue weighted by molar-refractivity contribution is -0.122. The molecule has 1 aliphatic carbocycles. The summed E-state index contributed by atoms with van der Waals surface area (Å²) in [4.78, 5) is 12.9. The molecule has 0 bridgehead atoms. The van der Waals surface area contributed by atoms with E-state index in [2.05, 4.69) is 29.6 Å². The smallest absolute Gasteiger partial charge is 0.221 e. The van der Waals surface area contributed by atoms with Gasteiger partial charge in [-0.15, -0.1) is 0 Å². The molecule has 1 amide bonds. The van der Waals surface area contributed by atoms with Crippen LogP contribution in [0, 0.1) is 5.82 Å². The van der Waals surface area contributed by atoms with Gasteiger partial charge in [-0.1, -0.05) is 72.8 Å². The Morgan fingerprint density at radius 3 is 1.85 bits per heavy atom. The molecule has 3 aromatic rings. The first-order valence-electron chi connectivity index (χ1n) is 9.33. The van der Waals surface area contributed by atoms with E-state index in [9.17, 15) is 9.18 Å². The van der Waals surface area contributed by atoms with Crippen LogP contribution in [0.3, 0.4) is 0 Å². The van der Waals surface area contributed by atoms with Crippen LogP contribution in [0.5, 0.6) is 0 Å². The number of rotatable bonds is 6. The molecular formula is C24H22FNO. The second-order valence-electron chi connectivity index (χ2n) is 7.22. The predicted molar refractivity (Wildman–Crippen MR) is 105 cm³/mol. The van der Waals surface area contributed by atoms with Crippen LogP contribution >= 0.6 is 0 Å². The van der Waals surface area contributed by atoms with Crippen molar-refractivity contribution in [1.82, 2.24) is 5.32 Å². The highest BCUT2D eigenvalue weighted by Crippen LogP contribution is 2.45. The highest BCUT2D eigenvalue weighted by atomic mass is 19.1. The van der Waals surface area contributed by atoms with Gasteiger partial charge in [0.15, 0.2) is 0 Å². The monoisotopic (exact) mass is 359 g/mol. The Morgan fingerprint density at radius 2 is 1.37 bits per heavy atom. The van der Waals surface area contributed by atoms with Crippen molar-refractivity contribution in [2.75, 3.05) is 0 Å². The minimum atomic E-state index is -0.331. The van der Waals surface area contributed by atoms with Crippen molar-refractivity contribution in [1.29, 1.82) is 0 Å². The number of benzene rings is 3. The Kier molecular flexibility index (Phi) is 4.76. The Bertz CT molecular complexity index is 863. The summed E-state index contributed by atoms with van der Waals surface area (Å²) in [6.07, 6.45) is 2.17. The van der Waals surface area contributed by atoms with E-state index < -0.39 is 0 Å². The summed E-state index contributed by atoms with van der Waals surface area (Å²) in [6, 6.07) is 26.7. The summed E-state index contributed by atoms with van der Waals surface area (Å²) in [5, 5.41) is 3.21. The standard InChI is InChI=1S/C24H22FNO/c25-21-13-11-20(12-14-21)24(15-16-24)26-23(27)17-22(18-7-3-1-4-8-18)19-9-5-2-6-10-19/h1-14,22H,15-17H2,(H,26,27). The van der Waals surface area contributed by atoms with Crippen LogP contribution in [0.15, 0.2) is 84.9 Å². The largest absolute Gasteiger partial charge is 0.347 e.